The van der Waals surface area contributed by atoms with E-state index in [0.29, 0.717) is 5.32 Å². The Labute approximate surface area is 86.4 Å². The van der Waals surface area contributed by atoms with Crippen molar-refractivity contribution in [2.75, 3.05) is 0 Å². The zero-order valence-electron chi connectivity index (χ0n) is 7.23. The molecule has 0 aromatic rings. The molecule has 0 saturated heterocycles. The molecule has 0 spiro atoms. The van der Waals surface area contributed by atoms with E-state index in [1.807, 2.05) is 0 Å². The topological polar surface area (TPSA) is 14.1 Å². The summed E-state index contributed by atoms with van der Waals surface area (Å²) < 4.78 is 118. The molecule has 1 radical (unpaired) electrons. The van der Waals surface area contributed by atoms with Crippen LogP contribution in [0.5, 0.6) is 0 Å². The Morgan fingerprint density at radius 3 is 1.00 bits per heavy atom. The molecule has 99 valence electrons. The highest BCUT2D eigenvalue weighted by Crippen LogP contribution is 2.36. The molecule has 0 atom stereocenters. The van der Waals surface area contributed by atoms with Crippen LogP contribution in [0.15, 0.2) is 23.8 Å². The van der Waals surface area contributed by atoms with Crippen molar-refractivity contribution in [3.05, 3.63) is 23.8 Å². The molecule has 0 bridgehead atoms. The van der Waals surface area contributed by atoms with E-state index >= 15 is 0 Å². The summed E-state index contributed by atoms with van der Waals surface area (Å²) in [4.78, 5) is 0. The summed E-state index contributed by atoms with van der Waals surface area (Å²) in [6.07, 6.45) is -7.39. The lowest BCUT2D eigenvalue weighted by molar-refractivity contribution is -0.136. The minimum Gasteiger partial charge on any atom is -0.197 e. The summed E-state index contributed by atoms with van der Waals surface area (Å²) in [7, 11) is 0. The average molecular weight is 276 g/mol. The summed E-state index contributed by atoms with van der Waals surface area (Å²) in [6, 6.07) is -11.7. The molecule has 0 aromatic carbocycles. The van der Waals surface area contributed by atoms with Crippen molar-refractivity contribution in [3.8, 4) is 0 Å². The van der Waals surface area contributed by atoms with E-state index in [0.717, 1.165) is 0 Å². The zero-order chi connectivity index (χ0) is 14.0. The average Bonchev–Trinajstić information content (AvgIpc) is 2.13. The fourth-order valence-corrected chi connectivity index (χ4v) is 0.502. The number of hydrogen-bond donors (Lipinski definition) is 0. The van der Waals surface area contributed by atoms with Crippen LogP contribution < -0.4 is 5.32 Å². The normalized spacial score (nSPS) is 12.4. The summed E-state index contributed by atoms with van der Waals surface area (Å²) in [5.74, 6) is -7.38. The van der Waals surface area contributed by atoms with Crippen molar-refractivity contribution in [1.82, 2.24) is 5.32 Å². The number of hydrogen-bond acceptors (Lipinski definition) is 0. The smallest absolute Gasteiger partial charge is 0.197 e. The molecule has 11 heteroatoms. The first kappa shape index (κ1) is 15.7. The SMILES string of the molecule is FC(F)=C(F)C(F)(F)[N]C(F)(F)C(F)=C(F)F. The van der Waals surface area contributed by atoms with Crippen LogP contribution in [0.1, 0.15) is 0 Å². The molecule has 0 saturated carbocycles. The van der Waals surface area contributed by atoms with Crippen molar-refractivity contribution >= 4 is 0 Å². The Morgan fingerprint density at radius 2 is 0.824 bits per heavy atom. The molecule has 0 aliphatic carbocycles. The predicted molar refractivity (Wildman–Crippen MR) is 32.7 cm³/mol. The third kappa shape index (κ3) is 3.91. The molecule has 1 nitrogen and oxygen atoms in total. The summed E-state index contributed by atoms with van der Waals surface area (Å²) in [6.45, 7) is 0. The van der Waals surface area contributed by atoms with Gasteiger partial charge in [0.2, 0.25) is 0 Å². The lowest BCUT2D eigenvalue weighted by atomic mass is 10.4. The first-order valence-electron chi connectivity index (χ1n) is 3.34. The van der Waals surface area contributed by atoms with E-state index in [4.69, 9.17) is 0 Å². The number of nitrogens with zero attached hydrogens (tertiary/aromatic N) is 1. The number of alkyl halides is 4. The van der Waals surface area contributed by atoms with Gasteiger partial charge in [0.05, 0.1) is 0 Å². The van der Waals surface area contributed by atoms with Gasteiger partial charge in [0, 0.05) is 0 Å². The second kappa shape index (κ2) is 4.94. The van der Waals surface area contributed by atoms with Crippen LogP contribution in [-0.2, 0) is 0 Å². The predicted octanol–water partition coefficient (Wildman–Crippen LogP) is 3.93. The first-order valence-corrected chi connectivity index (χ1v) is 3.34. The monoisotopic (exact) mass is 276 g/mol. The number of rotatable bonds is 4. The van der Waals surface area contributed by atoms with Gasteiger partial charge < -0.3 is 0 Å². The summed E-state index contributed by atoms with van der Waals surface area (Å²) >= 11 is 0. The molecule has 0 amide bonds. The van der Waals surface area contributed by atoms with Crippen molar-refractivity contribution in [2.45, 2.75) is 12.1 Å². The fourth-order valence-electron chi connectivity index (χ4n) is 0.502. The van der Waals surface area contributed by atoms with Gasteiger partial charge in [-0.3, -0.25) is 0 Å². The molecular weight excluding hydrogens is 276 g/mol. The van der Waals surface area contributed by atoms with Gasteiger partial charge in [0.15, 0.2) is 0 Å². The van der Waals surface area contributed by atoms with Crippen LogP contribution >= 0.6 is 0 Å². The zero-order valence-corrected chi connectivity index (χ0v) is 7.23. The molecule has 0 aromatic heterocycles. The highest BCUT2D eigenvalue weighted by Gasteiger charge is 2.53. The van der Waals surface area contributed by atoms with E-state index in [1.165, 1.54) is 0 Å². The maximum atomic E-state index is 12.2. The second-order valence-corrected chi connectivity index (χ2v) is 2.34. The van der Waals surface area contributed by atoms with Gasteiger partial charge in [-0.15, -0.1) is 0 Å². The van der Waals surface area contributed by atoms with Gasteiger partial charge in [-0.1, -0.05) is 5.32 Å². The van der Waals surface area contributed by atoms with E-state index < -0.39 is 35.9 Å². The van der Waals surface area contributed by atoms with Crippen LogP contribution in [0.2, 0.25) is 0 Å². The molecule has 0 heterocycles. The maximum Gasteiger partial charge on any atom is 0.380 e. The summed E-state index contributed by atoms with van der Waals surface area (Å²) in [5.41, 5.74) is 0. The third-order valence-electron chi connectivity index (χ3n) is 1.14. The Balaban J connectivity index is 5.22. The molecule has 0 fully saturated rings. The van der Waals surface area contributed by atoms with Gasteiger partial charge in [0.25, 0.3) is 11.7 Å². The highest BCUT2D eigenvalue weighted by atomic mass is 19.3. The second-order valence-electron chi connectivity index (χ2n) is 2.34. The Kier molecular flexibility index (Phi) is 4.57. The van der Waals surface area contributed by atoms with Crippen molar-refractivity contribution in [2.24, 2.45) is 0 Å². The van der Waals surface area contributed by atoms with Gasteiger partial charge in [-0.25, -0.2) is 0 Å². The van der Waals surface area contributed by atoms with Gasteiger partial charge in [-0.05, 0) is 0 Å². The van der Waals surface area contributed by atoms with Crippen LogP contribution in [0.4, 0.5) is 43.9 Å². The fraction of sp³-hybridized carbons (Fsp3) is 0.333. The van der Waals surface area contributed by atoms with E-state index in [2.05, 4.69) is 0 Å². The van der Waals surface area contributed by atoms with Gasteiger partial charge in [0.1, 0.15) is 0 Å². The van der Waals surface area contributed by atoms with Crippen LogP contribution in [0, 0.1) is 0 Å². The molecule has 0 aliphatic heterocycles. The number of halogens is 10. The largest absolute Gasteiger partial charge is 0.380 e. The third-order valence-corrected chi connectivity index (χ3v) is 1.14. The molecule has 0 aliphatic rings. The lowest BCUT2D eigenvalue weighted by Crippen LogP contribution is -2.43. The van der Waals surface area contributed by atoms with E-state index in [1.54, 1.807) is 0 Å². The van der Waals surface area contributed by atoms with E-state index in [9.17, 15) is 43.9 Å². The lowest BCUT2D eigenvalue weighted by Gasteiger charge is -2.19. The Bertz CT molecular complexity index is 314. The van der Waals surface area contributed by atoms with Crippen molar-refractivity contribution in [1.29, 1.82) is 0 Å². The Morgan fingerprint density at radius 1 is 0.588 bits per heavy atom. The first-order chi connectivity index (χ1) is 7.42. The molecule has 0 N–H and O–H groups in total. The van der Waals surface area contributed by atoms with Gasteiger partial charge in [-0.2, -0.15) is 43.9 Å². The molecule has 0 unspecified atom stereocenters. The maximum absolute atomic E-state index is 12.2. The minimum atomic E-state index is -5.84. The standard InChI is InChI=1S/C6F10N/c7-1(3(9)10)5(13,14)17-6(15,16)2(8)4(11)12. The molecule has 17 heavy (non-hydrogen) atoms. The molecular formula is C6F10N. The molecule has 0 rings (SSSR count). The van der Waals surface area contributed by atoms with Crippen molar-refractivity contribution < 1.29 is 43.9 Å². The van der Waals surface area contributed by atoms with Crippen LogP contribution in [0.25, 0.3) is 0 Å². The van der Waals surface area contributed by atoms with Gasteiger partial charge >= 0.3 is 24.3 Å². The highest BCUT2D eigenvalue weighted by molar-refractivity contribution is 5.09. The minimum absolute atomic E-state index is 0.691. The summed E-state index contributed by atoms with van der Waals surface area (Å²) in [5, 5.41) is 0.691. The van der Waals surface area contributed by atoms with Crippen LogP contribution in [0.3, 0.4) is 0 Å². The Hall–Kier alpha value is -1.26. The quantitative estimate of drug-likeness (QED) is 0.545. The van der Waals surface area contributed by atoms with E-state index in [-0.39, 0.29) is 0 Å². The van der Waals surface area contributed by atoms with Crippen LogP contribution in [-0.4, -0.2) is 12.1 Å². The van der Waals surface area contributed by atoms with Crippen molar-refractivity contribution in [3.63, 3.8) is 0 Å².